The molecule has 2 saturated carbocycles. The van der Waals surface area contributed by atoms with Crippen LogP contribution < -0.4 is 27.0 Å². The molecule has 0 atom stereocenters. The third kappa shape index (κ3) is 4.76. The van der Waals surface area contributed by atoms with Gasteiger partial charge in [-0.15, -0.1) is 0 Å². The standard InChI is InChI=1S/C22H28N8O3/c1-2-19(31)26-15-7-3-13(4-8-15)24-17-10-18(25-14-5-6-14)30-20(28-17)12(11-23-30)9-16-21(32)29-22(33)27-16/h9-11,13-15,24,32H,2-8H2,1H3,(H,26,31)(H2,27,29,33)/b12-9-,25-18?. The summed E-state index contributed by atoms with van der Waals surface area (Å²) in [6.45, 7) is 1.87. The normalized spacial score (nSPS) is 22.1. The molecule has 5 N–H and O–H groups in total. The molecule has 0 saturated heterocycles. The van der Waals surface area contributed by atoms with E-state index in [0.717, 1.165) is 44.0 Å². The molecule has 0 aliphatic heterocycles. The van der Waals surface area contributed by atoms with Gasteiger partial charge in [0.2, 0.25) is 11.8 Å². The number of amides is 1. The summed E-state index contributed by atoms with van der Waals surface area (Å²) in [6.07, 6.45) is 9.65. The molecule has 0 unspecified atom stereocenters. The number of hydrogen-bond donors (Lipinski definition) is 5. The van der Waals surface area contributed by atoms with Crippen molar-refractivity contribution in [2.45, 2.75) is 70.0 Å². The van der Waals surface area contributed by atoms with Crippen LogP contribution in [0.15, 0.2) is 22.1 Å². The van der Waals surface area contributed by atoms with Crippen molar-refractivity contribution in [1.82, 2.24) is 29.9 Å². The fourth-order valence-electron chi connectivity index (χ4n) is 4.19. The van der Waals surface area contributed by atoms with E-state index in [4.69, 9.17) is 9.98 Å². The number of carbonyl (C=O) groups excluding carboxylic acids is 1. The molecular weight excluding hydrogens is 424 g/mol. The highest BCUT2D eigenvalue weighted by Crippen LogP contribution is 2.23. The molecule has 2 fully saturated rings. The smallest absolute Gasteiger partial charge is 0.326 e. The van der Waals surface area contributed by atoms with Gasteiger partial charge in [0.1, 0.15) is 11.5 Å². The zero-order chi connectivity index (χ0) is 22.9. The summed E-state index contributed by atoms with van der Waals surface area (Å²) < 4.78 is 1.69. The molecule has 0 spiro atoms. The summed E-state index contributed by atoms with van der Waals surface area (Å²) in [5.41, 5.74) is 1.09. The minimum atomic E-state index is -0.485. The summed E-state index contributed by atoms with van der Waals surface area (Å²) in [4.78, 5) is 37.6. The molecule has 2 aliphatic rings. The van der Waals surface area contributed by atoms with Gasteiger partial charge in [0.25, 0.3) is 0 Å². The Balaban J connectivity index is 1.44. The van der Waals surface area contributed by atoms with Gasteiger partial charge in [0, 0.05) is 29.8 Å². The van der Waals surface area contributed by atoms with E-state index in [2.05, 4.69) is 25.7 Å². The number of imidazole rings is 1. The van der Waals surface area contributed by atoms with Crippen molar-refractivity contribution in [1.29, 1.82) is 0 Å². The van der Waals surface area contributed by atoms with Crippen molar-refractivity contribution in [3.8, 4) is 5.88 Å². The van der Waals surface area contributed by atoms with Gasteiger partial charge in [0.15, 0.2) is 11.1 Å². The fraction of sp³-hybridized carbons (Fsp3) is 0.500. The van der Waals surface area contributed by atoms with E-state index in [0.29, 0.717) is 29.1 Å². The number of nitrogens with one attached hydrogen (secondary N) is 4. The number of aromatic nitrogens is 5. The molecule has 5 rings (SSSR count). The minimum absolute atomic E-state index is 0.101. The van der Waals surface area contributed by atoms with E-state index in [1.807, 2.05) is 13.0 Å². The second kappa shape index (κ2) is 8.72. The van der Waals surface area contributed by atoms with Gasteiger partial charge in [-0.05, 0) is 44.6 Å². The van der Waals surface area contributed by atoms with Crippen LogP contribution in [0.1, 0.15) is 57.6 Å². The summed E-state index contributed by atoms with van der Waals surface area (Å²) in [5, 5.41) is 21.6. The average molecular weight is 453 g/mol. The zero-order valence-corrected chi connectivity index (χ0v) is 18.5. The lowest BCUT2D eigenvalue weighted by atomic mass is 9.91. The van der Waals surface area contributed by atoms with Crippen molar-refractivity contribution in [2.75, 3.05) is 5.32 Å². The third-order valence-corrected chi connectivity index (χ3v) is 6.14. The Hall–Kier alpha value is -3.63. The Morgan fingerprint density at radius 1 is 1.24 bits per heavy atom. The molecule has 0 radical (unpaired) electrons. The van der Waals surface area contributed by atoms with Crippen LogP contribution in [-0.2, 0) is 4.79 Å². The van der Waals surface area contributed by atoms with Crippen LogP contribution in [0.5, 0.6) is 5.88 Å². The van der Waals surface area contributed by atoms with Crippen LogP contribution in [-0.4, -0.2) is 53.7 Å². The molecule has 33 heavy (non-hydrogen) atoms. The molecular formula is C22H28N8O3. The van der Waals surface area contributed by atoms with Crippen molar-refractivity contribution < 1.29 is 9.90 Å². The van der Waals surface area contributed by atoms with Crippen LogP contribution in [0.25, 0.3) is 11.7 Å². The quantitative estimate of drug-likeness (QED) is 0.363. The maximum atomic E-state index is 11.7. The molecule has 3 aromatic heterocycles. The summed E-state index contributed by atoms with van der Waals surface area (Å²) in [5.74, 6) is 0.581. The number of carbonyl (C=O) groups is 1. The van der Waals surface area contributed by atoms with Gasteiger partial charge < -0.3 is 20.7 Å². The first-order valence-corrected chi connectivity index (χ1v) is 11.5. The van der Waals surface area contributed by atoms with E-state index >= 15 is 0 Å². The van der Waals surface area contributed by atoms with Crippen LogP contribution in [0.4, 0.5) is 5.82 Å². The van der Waals surface area contributed by atoms with Gasteiger partial charge in [-0.1, -0.05) is 6.92 Å². The Morgan fingerprint density at radius 2 is 2.00 bits per heavy atom. The Bertz CT molecular complexity index is 1340. The summed E-state index contributed by atoms with van der Waals surface area (Å²) in [6, 6.07) is 2.72. The van der Waals surface area contributed by atoms with Crippen LogP contribution in [0.2, 0.25) is 0 Å². The third-order valence-electron chi connectivity index (χ3n) is 6.14. The number of aromatic hydroxyl groups is 1. The van der Waals surface area contributed by atoms with Crippen LogP contribution >= 0.6 is 0 Å². The van der Waals surface area contributed by atoms with Crippen molar-refractivity contribution in [3.63, 3.8) is 0 Å². The lowest BCUT2D eigenvalue weighted by Crippen LogP contribution is -2.40. The monoisotopic (exact) mass is 452 g/mol. The highest BCUT2D eigenvalue weighted by atomic mass is 16.3. The van der Waals surface area contributed by atoms with Crippen molar-refractivity contribution >= 4 is 23.4 Å². The molecule has 11 nitrogen and oxygen atoms in total. The van der Waals surface area contributed by atoms with E-state index in [1.54, 1.807) is 16.8 Å². The van der Waals surface area contributed by atoms with E-state index < -0.39 is 5.69 Å². The SMILES string of the molecule is CCC(=O)NC1CCC(Nc2cc(=NC3CC3)n3nc/c(=C/c4[nH]c(=O)[nH]c4O)c3n2)CC1. The predicted molar refractivity (Wildman–Crippen MR) is 122 cm³/mol. The van der Waals surface area contributed by atoms with E-state index in [1.165, 1.54) is 0 Å². The highest BCUT2D eigenvalue weighted by Gasteiger charge is 2.23. The fourth-order valence-corrected chi connectivity index (χ4v) is 4.19. The largest absolute Gasteiger partial charge is 0.493 e. The summed E-state index contributed by atoms with van der Waals surface area (Å²) in [7, 11) is 0. The molecule has 11 heteroatoms. The second-order valence-electron chi connectivity index (χ2n) is 8.79. The molecule has 3 aromatic rings. The topological polar surface area (TPSA) is 153 Å². The minimum Gasteiger partial charge on any atom is -0.493 e. The van der Waals surface area contributed by atoms with Crippen LogP contribution in [0.3, 0.4) is 0 Å². The number of aromatic amines is 2. The molecule has 1 amide bonds. The van der Waals surface area contributed by atoms with Gasteiger partial charge in [-0.25, -0.2) is 9.78 Å². The number of hydrogen-bond acceptors (Lipinski definition) is 7. The Morgan fingerprint density at radius 3 is 2.67 bits per heavy atom. The predicted octanol–water partition coefficient (Wildman–Crippen LogP) is 0.311. The summed E-state index contributed by atoms with van der Waals surface area (Å²) >= 11 is 0. The first-order valence-electron chi connectivity index (χ1n) is 11.5. The lowest BCUT2D eigenvalue weighted by molar-refractivity contribution is -0.121. The first-order chi connectivity index (χ1) is 16.0. The number of nitrogens with zero attached hydrogens (tertiary/aromatic N) is 4. The first kappa shape index (κ1) is 21.2. The van der Waals surface area contributed by atoms with Crippen molar-refractivity contribution in [2.24, 2.45) is 4.99 Å². The van der Waals surface area contributed by atoms with Gasteiger partial charge in [-0.3, -0.25) is 14.8 Å². The van der Waals surface area contributed by atoms with Gasteiger partial charge in [-0.2, -0.15) is 9.61 Å². The molecule has 0 bridgehead atoms. The Labute approximate surface area is 189 Å². The second-order valence-corrected chi connectivity index (χ2v) is 8.79. The molecule has 0 aromatic carbocycles. The number of rotatable bonds is 6. The zero-order valence-electron chi connectivity index (χ0n) is 18.5. The number of H-pyrrole nitrogens is 2. The lowest BCUT2D eigenvalue weighted by Gasteiger charge is -2.30. The molecule has 2 aliphatic carbocycles. The number of fused-ring (bicyclic) bond motifs is 1. The highest BCUT2D eigenvalue weighted by molar-refractivity contribution is 5.75. The maximum absolute atomic E-state index is 11.7. The van der Waals surface area contributed by atoms with E-state index in [-0.39, 0.29) is 29.6 Å². The van der Waals surface area contributed by atoms with Gasteiger partial charge >= 0.3 is 5.69 Å². The average Bonchev–Trinajstić information content (AvgIpc) is 3.43. The number of anilines is 1. The van der Waals surface area contributed by atoms with E-state index in [9.17, 15) is 14.7 Å². The Kier molecular flexibility index (Phi) is 5.61. The maximum Gasteiger partial charge on any atom is 0.326 e. The van der Waals surface area contributed by atoms with Gasteiger partial charge in [0.05, 0.1) is 12.2 Å². The molecule has 174 valence electrons. The van der Waals surface area contributed by atoms with Crippen LogP contribution in [0, 0.1) is 0 Å². The molecule has 3 heterocycles. The van der Waals surface area contributed by atoms with Crippen molar-refractivity contribution in [3.05, 3.63) is 39.1 Å².